The zero-order valence-electron chi connectivity index (χ0n) is 14.9. The van der Waals surface area contributed by atoms with Gasteiger partial charge in [-0.1, -0.05) is 54.6 Å². The van der Waals surface area contributed by atoms with Crippen LogP contribution in [0.15, 0.2) is 79.1 Å². The van der Waals surface area contributed by atoms with Gasteiger partial charge < -0.3 is 10.4 Å². The highest BCUT2D eigenvalue weighted by Gasteiger charge is 2.21. The summed E-state index contributed by atoms with van der Waals surface area (Å²) in [7, 11) is 0. The summed E-state index contributed by atoms with van der Waals surface area (Å²) in [6.45, 7) is 0. The Labute approximate surface area is 161 Å². The fraction of sp³-hybridized carbons (Fsp3) is 0.0909. The number of rotatable bonds is 7. The van der Waals surface area contributed by atoms with E-state index in [4.69, 9.17) is 0 Å². The Balaban J connectivity index is 1.69. The lowest BCUT2D eigenvalue weighted by molar-refractivity contribution is -0.139. The highest BCUT2D eigenvalue weighted by molar-refractivity contribution is 6.08. The van der Waals surface area contributed by atoms with Gasteiger partial charge in [0.25, 0.3) is 5.91 Å². The molecule has 3 rings (SSSR count). The second-order valence-corrected chi connectivity index (χ2v) is 6.20. The molecule has 2 aromatic carbocycles. The number of nitrogens with one attached hydrogen (secondary N) is 1. The van der Waals surface area contributed by atoms with E-state index in [1.165, 1.54) is 12.4 Å². The molecular weight excluding hydrogens is 356 g/mol. The zero-order valence-corrected chi connectivity index (χ0v) is 14.9. The third-order valence-electron chi connectivity index (χ3n) is 4.22. The van der Waals surface area contributed by atoms with Crippen LogP contribution in [0, 0.1) is 0 Å². The maximum atomic E-state index is 12.4. The van der Waals surface area contributed by atoms with Crippen molar-refractivity contribution in [2.45, 2.75) is 12.5 Å². The first-order chi connectivity index (χ1) is 13.5. The van der Waals surface area contributed by atoms with Gasteiger partial charge in [-0.25, -0.2) is 4.79 Å². The van der Waals surface area contributed by atoms with E-state index in [1.54, 1.807) is 60.7 Å². The number of aromatic nitrogens is 1. The summed E-state index contributed by atoms with van der Waals surface area (Å²) in [5, 5.41) is 11.9. The molecule has 0 unspecified atom stereocenters. The van der Waals surface area contributed by atoms with Crippen molar-refractivity contribution in [1.82, 2.24) is 10.3 Å². The molecule has 0 bridgehead atoms. The average molecular weight is 374 g/mol. The number of pyridine rings is 1. The van der Waals surface area contributed by atoms with Crippen LogP contribution in [0.5, 0.6) is 0 Å². The Morgan fingerprint density at radius 1 is 0.857 bits per heavy atom. The predicted molar refractivity (Wildman–Crippen MR) is 103 cm³/mol. The van der Waals surface area contributed by atoms with Crippen LogP contribution in [0.3, 0.4) is 0 Å². The number of nitrogens with zero attached hydrogens (tertiary/aromatic N) is 1. The molecule has 1 aromatic heterocycles. The van der Waals surface area contributed by atoms with Crippen molar-refractivity contribution < 1.29 is 19.5 Å². The van der Waals surface area contributed by atoms with E-state index in [0.29, 0.717) is 16.7 Å². The van der Waals surface area contributed by atoms with E-state index in [-0.39, 0.29) is 17.8 Å². The van der Waals surface area contributed by atoms with Crippen molar-refractivity contribution in [3.8, 4) is 0 Å². The minimum Gasteiger partial charge on any atom is -0.480 e. The molecule has 2 N–H and O–H groups in total. The van der Waals surface area contributed by atoms with E-state index in [0.717, 1.165) is 0 Å². The summed E-state index contributed by atoms with van der Waals surface area (Å²) in [6, 6.07) is 17.7. The van der Waals surface area contributed by atoms with Gasteiger partial charge in [-0.15, -0.1) is 0 Å². The summed E-state index contributed by atoms with van der Waals surface area (Å²) in [5.41, 5.74) is 2.09. The number of hydrogen-bond acceptors (Lipinski definition) is 4. The van der Waals surface area contributed by atoms with Crippen molar-refractivity contribution in [1.29, 1.82) is 0 Å². The summed E-state index contributed by atoms with van der Waals surface area (Å²) < 4.78 is 0. The highest BCUT2D eigenvalue weighted by Crippen LogP contribution is 2.13. The van der Waals surface area contributed by atoms with Crippen molar-refractivity contribution in [2.75, 3.05) is 0 Å². The number of benzene rings is 2. The smallest absolute Gasteiger partial charge is 0.326 e. The molecule has 1 amide bonds. The lowest BCUT2D eigenvalue weighted by atomic mass is 9.99. The first-order valence-electron chi connectivity index (χ1n) is 8.67. The van der Waals surface area contributed by atoms with E-state index in [2.05, 4.69) is 10.3 Å². The monoisotopic (exact) mass is 374 g/mol. The van der Waals surface area contributed by atoms with Gasteiger partial charge in [0.2, 0.25) is 0 Å². The van der Waals surface area contributed by atoms with Gasteiger partial charge in [0.05, 0.1) is 5.56 Å². The number of ketones is 1. The van der Waals surface area contributed by atoms with Gasteiger partial charge in [0.15, 0.2) is 5.78 Å². The molecule has 1 atom stereocenters. The fourth-order valence-corrected chi connectivity index (χ4v) is 2.72. The number of carboxylic acid groups (broad SMARTS) is 1. The van der Waals surface area contributed by atoms with Crippen LogP contribution >= 0.6 is 0 Å². The van der Waals surface area contributed by atoms with Gasteiger partial charge in [0.1, 0.15) is 6.04 Å². The van der Waals surface area contributed by atoms with Crippen LogP contribution in [0.4, 0.5) is 0 Å². The number of carbonyl (C=O) groups is 3. The minimum atomic E-state index is -1.14. The Hall–Kier alpha value is -3.80. The third kappa shape index (κ3) is 4.67. The summed E-state index contributed by atoms with van der Waals surface area (Å²) in [4.78, 5) is 40.0. The second-order valence-electron chi connectivity index (χ2n) is 6.20. The molecule has 28 heavy (non-hydrogen) atoms. The molecule has 0 spiro atoms. The number of hydrogen-bond donors (Lipinski definition) is 2. The maximum Gasteiger partial charge on any atom is 0.326 e. The standard InChI is InChI=1S/C22H18N2O4/c25-20(16-5-2-1-3-6-16)17-10-8-15(9-11-17)13-19(22(27)28)24-21(26)18-7-4-12-23-14-18/h1-12,14,19H,13H2,(H,24,26)(H,27,28)/t19-/m1/s1. The topological polar surface area (TPSA) is 96.4 Å². The first kappa shape index (κ1) is 19.0. The quantitative estimate of drug-likeness (QED) is 0.620. The molecule has 140 valence electrons. The van der Waals surface area contributed by atoms with Gasteiger partial charge >= 0.3 is 5.97 Å². The molecule has 0 aliphatic rings. The fourth-order valence-electron chi connectivity index (χ4n) is 2.72. The van der Waals surface area contributed by atoms with Gasteiger partial charge in [-0.3, -0.25) is 14.6 Å². The Kier molecular flexibility index (Phi) is 5.91. The van der Waals surface area contributed by atoms with Crippen LogP contribution in [-0.2, 0) is 11.2 Å². The Bertz CT molecular complexity index is 970. The Morgan fingerprint density at radius 2 is 1.50 bits per heavy atom. The van der Waals surface area contributed by atoms with Crippen molar-refractivity contribution in [2.24, 2.45) is 0 Å². The van der Waals surface area contributed by atoms with Crippen molar-refractivity contribution in [3.63, 3.8) is 0 Å². The molecule has 0 radical (unpaired) electrons. The predicted octanol–water partition coefficient (Wildman–Crippen LogP) is 2.74. The van der Waals surface area contributed by atoms with Crippen LogP contribution in [0.1, 0.15) is 31.8 Å². The largest absolute Gasteiger partial charge is 0.480 e. The molecule has 3 aromatic rings. The molecule has 0 fully saturated rings. The number of amides is 1. The zero-order chi connectivity index (χ0) is 19.9. The van der Waals surface area contributed by atoms with E-state index in [9.17, 15) is 19.5 Å². The average Bonchev–Trinajstić information content (AvgIpc) is 2.74. The normalized spacial score (nSPS) is 11.4. The van der Waals surface area contributed by atoms with Crippen LogP contribution in [0.2, 0.25) is 0 Å². The number of carbonyl (C=O) groups excluding carboxylic acids is 2. The minimum absolute atomic E-state index is 0.0984. The molecule has 0 saturated carbocycles. The van der Waals surface area contributed by atoms with Crippen molar-refractivity contribution in [3.05, 3.63) is 101 Å². The van der Waals surface area contributed by atoms with E-state index < -0.39 is 17.9 Å². The SMILES string of the molecule is O=C(N[C@H](Cc1ccc(C(=O)c2ccccc2)cc1)C(=O)O)c1cccnc1. The van der Waals surface area contributed by atoms with Gasteiger partial charge in [-0.05, 0) is 17.7 Å². The lowest BCUT2D eigenvalue weighted by Crippen LogP contribution is -2.42. The number of carboxylic acids is 1. The molecule has 1 heterocycles. The van der Waals surface area contributed by atoms with Crippen LogP contribution in [0.25, 0.3) is 0 Å². The lowest BCUT2D eigenvalue weighted by Gasteiger charge is -2.15. The van der Waals surface area contributed by atoms with E-state index >= 15 is 0 Å². The third-order valence-corrected chi connectivity index (χ3v) is 4.22. The maximum absolute atomic E-state index is 12.4. The molecular formula is C22H18N2O4. The van der Waals surface area contributed by atoms with E-state index in [1.807, 2.05) is 6.07 Å². The summed E-state index contributed by atoms with van der Waals surface area (Å²) >= 11 is 0. The highest BCUT2D eigenvalue weighted by atomic mass is 16.4. The molecule has 6 heteroatoms. The van der Waals surface area contributed by atoms with Crippen LogP contribution in [-0.4, -0.2) is 33.8 Å². The molecule has 6 nitrogen and oxygen atoms in total. The Morgan fingerprint density at radius 3 is 2.11 bits per heavy atom. The summed E-state index contributed by atoms with van der Waals surface area (Å²) in [5.74, 6) is -1.75. The second kappa shape index (κ2) is 8.73. The molecule has 0 saturated heterocycles. The summed E-state index contributed by atoms with van der Waals surface area (Å²) in [6.07, 6.45) is 3.00. The molecule has 0 aliphatic heterocycles. The first-order valence-corrected chi connectivity index (χ1v) is 8.67. The van der Waals surface area contributed by atoms with Gasteiger partial charge in [0, 0.05) is 29.9 Å². The molecule has 0 aliphatic carbocycles. The van der Waals surface area contributed by atoms with Gasteiger partial charge in [-0.2, -0.15) is 0 Å². The van der Waals surface area contributed by atoms with Crippen LogP contribution < -0.4 is 5.32 Å². The number of aliphatic carboxylic acids is 1. The van der Waals surface area contributed by atoms with Crippen molar-refractivity contribution >= 4 is 17.7 Å².